The van der Waals surface area contributed by atoms with Gasteiger partial charge in [0.2, 0.25) is 0 Å². The Balaban J connectivity index is 1.39. The molecule has 0 unspecified atom stereocenters. The van der Waals surface area contributed by atoms with E-state index in [-0.39, 0.29) is 6.04 Å². The normalized spacial score (nSPS) is 33.0. The van der Waals surface area contributed by atoms with E-state index < -0.39 is 16.8 Å². The molecule has 1 heterocycles. The Bertz CT molecular complexity index is 791. The molecule has 114 valence electrons. The fourth-order valence-electron chi connectivity index (χ4n) is 4.53. The van der Waals surface area contributed by atoms with Gasteiger partial charge in [0.25, 0.3) is 5.92 Å². The van der Waals surface area contributed by atoms with Gasteiger partial charge in [0, 0.05) is 25.8 Å². The molecule has 0 bridgehead atoms. The Hall–Kier alpha value is -1.05. The van der Waals surface area contributed by atoms with Crippen molar-refractivity contribution in [2.24, 2.45) is 10.8 Å². The first-order valence-electron chi connectivity index (χ1n) is 7.54. The summed E-state index contributed by atoms with van der Waals surface area (Å²) in [6, 6.07) is 6.09. The third kappa shape index (κ3) is 1.40. The van der Waals surface area contributed by atoms with Crippen LogP contribution < -0.4 is 5.32 Å². The van der Waals surface area contributed by atoms with Crippen LogP contribution in [0.1, 0.15) is 25.7 Å². The summed E-state index contributed by atoms with van der Waals surface area (Å²) >= 11 is 2.25. The summed E-state index contributed by atoms with van der Waals surface area (Å²) in [5.74, 6) is -1.67. The monoisotopic (exact) mass is 413 g/mol. The van der Waals surface area contributed by atoms with E-state index in [0.717, 1.165) is 20.3 Å². The van der Waals surface area contributed by atoms with Crippen molar-refractivity contribution in [2.75, 3.05) is 5.32 Å². The fourth-order valence-corrected chi connectivity index (χ4v) is 5.02. The van der Waals surface area contributed by atoms with E-state index in [1.54, 1.807) is 0 Å². The lowest BCUT2D eigenvalue weighted by Gasteiger charge is -2.37. The van der Waals surface area contributed by atoms with E-state index >= 15 is 0 Å². The minimum absolute atomic E-state index is 0.0989. The highest BCUT2D eigenvalue weighted by molar-refractivity contribution is 14.1. The van der Waals surface area contributed by atoms with E-state index in [1.165, 1.54) is 6.33 Å². The average molecular weight is 413 g/mol. The van der Waals surface area contributed by atoms with Crippen LogP contribution in [0.2, 0.25) is 0 Å². The van der Waals surface area contributed by atoms with Gasteiger partial charge in [0.15, 0.2) is 0 Å². The Morgan fingerprint density at radius 2 is 1.91 bits per heavy atom. The number of rotatable bonds is 2. The molecule has 3 aliphatic rings. The van der Waals surface area contributed by atoms with Gasteiger partial charge in [-0.3, -0.25) is 0 Å². The highest BCUT2D eigenvalue weighted by atomic mass is 127. The molecule has 5 rings (SSSR count). The van der Waals surface area contributed by atoms with E-state index in [9.17, 15) is 8.78 Å². The number of fused-ring (bicyclic) bond motifs is 2. The molecule has 1 aromatic heterocycles. The third-order valence-corrected chi connectivity index (χ3v) is 6.60. The van der Waals surface area contributed by atoms with Crippen molar-refractivity contribution in [3.05, 3.63) is 28.1 Å². The van der Waals surface area contributed by atoms with Crippen LogP contribution in [0.25, 0.3) is 10.9 Å². The van der Waals surface area contributed by atoms with Crippen LogP contribution in [-0.4, -0.2) is 21.9 Å². The molecule has 2 aromatic rings. The molecule has 1 N–H and O–H groups in total. The molecule has 22 heavy (non-hydrogen) atoms. The summed E-state index contributed by atoms with van der Waals surface area (Å²) < 4.78 is 29.2. The van der Waals surface area contributed by atoms with Crippen LogP contribution in [0.15, 0.2) is 24.5 Å². The van der Waals surface area contributed by atoms with Crippen LogP contribution in [0, 0.1) is 14.4 Å². The van der Waals surface area contributed by atoms with E-state index in [2.05, 4.69) is 37.9 Å². The molecule has 2 spiro atoms. The number of hydrogen-bond donors (Lipinski definition) is 1. The second-order valence-electron chi connectivity index (χ2n) is 6.87. The molecule has 3 saturated carbocycles. The van der Waals surface area contributed by atoms with Crippen molar-refractivity contribution in [2.45, 2.75) is 37.6 Å². The minimum Gasteiger partial charge on any atom is -0.367 e. The zero-order valence-electron chi connectivity index (χ0n) is 11.7. The van der Waals surface area contributed by atoms with Crippen LogP contribution >= 0.6 is 22.6 Å². The van der Waals surface area contributed by atoms with Crippen molar-refractivity contribution < 1.29 is 8.78 Å². The molecule has 6 heteroatoms. The van der Waals surface area contributed by atoms with Crippen molar-refractivity contribution in [1.29, 1.82) is 0 Å². The highest BCUT2D eigenvalue weighted by Gasteiger charge is 2.97. The van der Waals surface area contributed by atoms with Gasteiger partial charge in [0.05, 0.1) is 5.52 Å². The number of anilines is 1. The maximum Gasteiger partial charge on any atom is 0.260 e. The maximum absolute atomic E-state index is 14.0. The second kappa shape index (κ2) is 3.88. The lowest BCUT2D eigenvalue weighted by molar-refractivity contribution is 0.0223. The van der Waals surface area contributed by atoms with Crippen molar-refractivity contribution in [1.82, 2.24) is 9.97 Å². The largest absolute Gasteiger partial charge is 0.367 e. The Morgan fingerprint density at radius 3 is 2.59 bits per heavy atom. The van der Waals surface area contributed by atoms with Crippen molar-refractivity contribution >= 4 is 39.3 Å². The van der Waals surface area contributed by atoms with Crippen LogP contribution in [-0.2, 0) is 0 Å². The van der Waals surface area contributed by atoms with Crippen LogP contribution in [0.4, 0.5) is 14.6 Å². The number of nitrogens with zero attached hydrogens (tertiary/aromatic N) is 2. The predicted molar refractivity (Wildman–Crippen MR) is 87.9 cm³/mol. The highest BCUT2D eigenvalue weighted by Crippen LogP contribution is 2.92. The first-order valence-corrected chi connectivity index (χ1v) is 8.62. The summed E-state index contributed by atoms with van der Waals surface area (Å²) in [6.45, 7) is 0. The maximum atomic E-state index is 14.0. The number of alkyl halides is 2. The summed E-state index contributed by atoms with van der Waals surface area (Å²) in [5, 5.41) is 4.32. The minimum atomic E-state index is -2.43. The Labute approximate surface area is 140 Å². The number of nitrogens with one attached hydrogen (secondary N) is 1. The van der Waals surface area contributed by atoms with Gasteiger partial charge in [-0.05, 0) is 66.5 Å². The molecule has 0 amide bonds. The van der Waals surface area contributed by atoms with Gasteiger partial charge in [-0.1, -0.05) is 0 Å². The lowest BCUT2D eigenvalue weighted by atomic mass is 9.74. The van der Waals surface area contributed by atoms with Gasteiger partial charge in [0.1, 0.15) is 12.1 Å². The Morgan fingerprint density at radius 1 is 1.14 bits per heavy atom. The van der Waals surface area contributed by atoms with Gasteiger partial charge in [-0.25, -0.2) is 18.7 Å². The van der Waals surface area contributed by atoms with E-state index in [0.29, 0.717) is 25.7 Å². The summed E-state index contributed by atoms with van der Waals surface area (Å²) in [7, 11) is 0. The van der Waals surface area contributed by atoms with Crippen molar-refractivity contribution in [3.63, 3.8) is 0 Å². The van der Waals surface area contributed by atoms with Crippen molar-refractivity contribution in [3.8, 4) is 0 Å². The third-order valence-electron chi connectivity index (χ3n) is 5.93. The zero-order valence-corrected chi connectivity index (χ0v) is 13.9. The van der Waals surface area contributed by atoms with E-state index in [1.807, 2.05) is 18.2 Å². The smallest absolute Gasteiger partial charge is 0.260 e. The summed E-state index contributed by atoms with van der Waals surface area (Å²) in [6.07, 6.45) is 4.08. The molecule has 0 atom stereocenters. The first kappa shape index (κ1) is 13.4. The fraction of sp³-hybridized carbons (Fsp3) is 0.500. The first-order chi connectivity index (χ1) is 10.5. The molecular weight excluding hydrogens is 399 g/mol. The van der Waals surface area contributed by atoms with Crippen LogP contribution in [0.5, 0.6) is 0 Å². The van der Waals surface area contributed by atoms with Gasteiger partial charge in [-0.2, -0.15) is 0 Å². The molecular formula is C16H14F2IN3. The van der Waals surface area contributed by atoms with Gasteiger partial charge < -0.3 is 5.32 Å². The predicted octanol–water partition coefficient (Wildman–Crippen LogP) is 4.22. The summed E-state index contributed by atoms with van der Waals surface area (Å²) in [5.41, 5.74) is -0.446. The van der Waals surface area contributed by atoms with E-state index in [4.69, 9.17) is 0 Å². The molecule has 0 radical (unpaired) electrons. The topological polar surface area (TPSA) is 37.8 Å². The zero-order chi connectivity index (χ0) is 15.2. The summed E-state index contributed by atoms with van der Waals surface area (Å²) in [4.78, 5) is 8.57. The number of hydrogen-bond acceptors (Lipinski definition) is 3. The number of benzene rings is 1. The standard InChI is InChI=1S/C16H14F2IN3/c17-16(18)14(3-4-14)15(16)6-10(7-15)22-13-11-5-9(19)1-2-12(11)20-8-21-13/h1-2,5,8,10H,3-4,6-7H2,(H,20,21,22). The van der Waals surface area contributed by atoms with Gasteiger partial charge in [-0.15, -0.1) is 0 Å². The number of halogens is 3. The molecule has 3 nitrogen and oxygen atoms in total. The molecule has 3 aliphatic carbocycles. The SMILES string of the molecule is FC1(F)C2(CC2)C12CC(Nc1ncnc3ccc(I)cc13)C2. The molecule has 1 aromatic carbocycles. The average Bonchev–Trinajstić information content (AvgIpc) is 3.30. The molecule has 3 fully saturated rings. The quantitative estimate of drug-likeness (QED) is 0.750. The Kier molecular flexibility index (Phi) is 2.36. The molecule has 0 saturated heterocycles. The number of aromatic nitrogens is 2. The lowest BCUT2D eigenvalue weighted by Crippen LogP contribution is -2.41. The van der Waals surface area contributed by atoms with Gasteiger partial charge >= 0.3 is 0 Å². The second-order valence-corrected chi connectivity index (χ2v) is 8.12. The molecule has 0 aliphatic heterocycles. The van der Waals surface area contributed by atoms with Crippen LogP contribution in [0.3, 0.4) is 0 Å².